The molecule has 4 rings (SSSR count). The molecule has 0 saturated carbocycles. The molecular formula is C19H20N2O2. The maximum atomic E-state index is 12.8. The number of rotatable bonds is 3. The van der Waals surface area contributed by atoms with Gasteiger partial charge in [-0.2, -0.15) is 0 Å². The Hall–Kier alpha value is -2.04. The van der Waals surface area contributed by atoms with Gasteiger partial charge in [-0.3, -0.25) is 9.78 Å². The number of fused-ring (bicyclic) bond motifs is 2. The highest BCUT2D eigenvalue weighted by molar-refractivity contribution is 5.98. The third kappa shape index (κ3) is 3.05. The molecule has 2 aromatic rings. The van der Waals surface area contributed by atoms with Crippen molar-refractivity contribution in [2.24, 2.45) is 5.92 Å². The highest BCUT2D eigenvalue weighted by atomic mass is 16.5. The number of nitrogens with zero attached hydrogens (tertiary/aromatic N) is 1. The summed E-state index contributed by atoms with van der Waals surface area (Å²) in [5.74, 6) is 0.367. The van der Waals surface area contributed by atoms with Crippen LogP contribution in [0.15, 0.2) is 48.7 Å². The lowest BCUT2D eigenvalue weighted by atomic mass is 9.82. The Morgan fingerprint density at radius 2 is 1.78 bits per heavy atom. The molecular weight excluding hydrogens is 288 g/mol. The number of piperidine rings is 1. The van der Waals surface area contributed by atoms with Crippen LogP contribution in [0, 0.1) is 5.92 Å². The van der Waals surface area contributed by atoms with E-state index >= 15 is 0 Å². The summed E-state index contributed by atoms with van der Waals surface area (Å²) in [4.78, 5) is 17.1. The van der Waals surface area contributed by atoms with Crippen LogP contribution in [0.3, 0.4) is 0 Å². The maximum Gasteiger partial charge on any atom is 0.166 e. The molecule has 2 saturated heterocycles. The Balaban J connectivity index is 1.50. The number of benzene rings is 1. The Morgan fingerprint density at radius 3 is 2.43 bits per heavy atom. The number of aromatic nitrogens is 1. The SMILES string of the molecule is O=C(c1ccc(-c2ccccn2)cc1)C1CC2COCC(C1)N2. The molecule has 2 aliphatic rings. The summed E-state index contributed by atoms with van der Waals surface area (Å²) in [6, 6.07) is 14.3. The second-order valence-electron chi connectivity index (χ2n) is 6.42. The van der Waals surface area contributed by atoms with Gasteiger partial charge in [-0.1, -0.05) is 30.3 Å². The molecule has 2 atom stereocenters. The molecule has 2 unspecified atom stereocenters. The van der Waals surface area contributed by atoms with Gasteiger partial charge < -0.3 is 10.1 Å². The number of nitrogens with one attached hydrogen (secondary N) is 1. The lowest BCUT2D eigenvalue weighted by Gasteiger charge is -2.39. The zero-order valence-electron chi connectivity index (χ0n) is 12.9. The minimum Gasteiger partial charge on any atom is -0.378 e. The van der Waals surface area contributed by atoms with Crippen LogP contribution in [0.1, 0.15) is 23.2 Å². The number of hydrogen-bond acceptors (Lipinski definition) is 4. The zero-order chi connectivity index (χ0) is 15.6. The summed E-state index contributed by atoms with van der Waals surface area (Å²) in [5, 5.41) is 3.53. The van der Waals surface area contributed by atoms with Crippen molar-refractivity contribution in [2.75, 3.05) is 13.2 Å². The normalized spacial score (nSPS) is 26.7. The number of ketones is 1. The van der Waals surface area contributed by atoms with E-state index in [-0.39, 0.29) is 11.7 Å². The Kier molecular flexibility index (Phi) is 3.93. The second kappa shape index (κ2) is 6.22. The van der Waals surface area contributed by atoms with Gasteiger partial charge in [0.2, 0.25) is 0 Å². The first kappa shape index (κ1) is 14.5. The van der Waals surface area contributed by atoms with Gasteiger partial charge in [-0.25, -0.2) is 0 Å². The van der Waals surface area contributed by atoms with Gasteiger partial charge >= 0.3 is 0 Å². The number of Topliss-reactive ketones (excluding diaryl/α,β-unsaturated/α-hetero) is 1. The molecule has 0 radical (unpaired) electrons. The van der Waals surface area contributed by atoms with E-state index in [1.165, 1.54) is 0 Å². The molecule has 1 N–H and O–H groups in total. The van der Waals surface area contributed by atoms with Crippen molar-refractivity contribution in [1.82, 2.24) is 10.3 Å². The smallest absolute Gasteiger partial charge is 0.166 e. The van der Waals surface area contributed by atoms with Crippen LogP contribution in [0.2, 0.25) is 0 Å². The van der Waals surface area contributed by atoms with Gasteiger partial charge in [-0.05, 0) is 25.0 Å². The third-order valence-electron chi connectivity index (χ3n) is 4.75. The third-order valence-corrected chi connectivity index (χ3v) is 4.75. The fourth-order valence-corrected chi connectivity index (χ4v) is 3.63. The van der Waals surface area contributed by atoms with Crippen LogP contribution in [0.5, 0.6) is 0 Å². The molecule has 0 aliphatic carbocycles. The van der Waals surface area contributed by atoms with Crippen LogP contribution in [0.25, 0.3) is 11.3 Å². The number of carbonyl (C=O) groups is 1. The van der Waals surface area contributed by atoms with Gasteiger partial charge in [0.25, 0.3) is 0 Å². The molecule has 0 spiro atoms. The molecule has 2 fully saturated rings. The van der Waals surface area contributed by atoms with E-state index in [0.717, 1.165) is 42.9 Å². The predicted octanol–water partition coefficient (Wildman–Crippen LogP) is 2.70. The zero-order valence-corrected chi connectivity index (χ0v) is 12.9. The van der Waals surface area contributed by atoms with Crippen LogP contribution in [-0.2, 0) is 4.74 Å². The fourth-order valence-electron chi connectivity index (χ4n) is 3.63. The Morgan fingerprint density at radius 1 is 1.04 bits per heavy atom. The average molecular weight is 308 g/mol. The quantitative estimate of drug-likeness (QED) is 0.886. The topological polar surface area (TPSA) is 51.2 Å². The summed E-state index contributed by atoms with van der Waals surface area (Å²) in [6.07, 6.45) is 3.53. The minimum atomic E-state index is 0.107. The summed E-state index contributed by atoms with van der Waals surface area (Å²) < 4.78 is 5.55. The van der Waals surface area contributed by atoms with Gasteiger partial charge in [0.15, 0.2) is 5.78 Å². The highest BCUT2D eigenvalue weighted by Gasteiger charge is 2.35. The van der Waals surface area contributed by atoms with Crippen LogP contribution >= 0.6 is 0 Å². The van der Waals surface area contributed by atoms with Gasteiger partial charge in [-0.15, -0.1) is 0 Å². The minimum absolute atomic E-state index is 0.107. The van der Waals surface area contributed by atoms with Crippen molar-refractivity contribution in [3.63, 3.8) is 0 Å². The van der Waals surface area contributed by atoms with Crippen molar-refractivity contribution in [2.45, 2.75) is 24.9 Å². The number of carbonyl (C=O) groups excluding carboxylic acids is 1. The first-order valence-electron chi connectivity index (χ1n) is 8.19. The van der Waals surface area contributed by atoms with Crippen molar-refractivity contribution < 1.29 is 9.53 Å². The van der Waals surface area contributed by atoms with Gasteiger partial charge in [0, 0.05) is 35.3 Å². The largest absolute Gasteiger partial charge is 0.378 e. The molecule has 23 heavy (non-hydrogen) atoms. The summed E-state index contributed by atoms with van der Waals surface area (Å²) in [7, 11) is 0. The number of ether oxygens (including phenoxy) is 1. The first-order valence-corrected chi connectivity index (χ1v) is 8.19. The molecule has 4 heteroatoms. The van der Waals surface area contributed by atoms with E-state index in [1.54, 1.807) is 6.20 Å². The first-order chi connectivity index (χ1) is 11.3. The van der Waals surface area contributed by atoms with E-state index in [2.05, 4.69) is 10.3 Å². The fraction of sp³-hybridized carbons (Fsp3) is 0.368. The lowest BCUT2D eigenvalue weighted by molar-refractivity contribution is 0.00953. The highest BCUT2D eigenvalue weighted by Crippen LogP contribution is 2.28. The molecule has 2 bridgehead atoms. The monoisotopic (exact) mass is 308 g/mol. The van der Waals surface area contributed by atoms with Crippen LogP contribution in [-0.4, -0.2) is 36.1 Å². The van der Waals surface area contributed by atoms with Crippen molar-refractivity contribution >= 4 is 5.78 Å². The van der Waals surface area contributed by atoms with E-state index in [1.807, 2.05) is 42.5 Å². The summed E-state index contributed by atoms with van der Waals surface area (Å²) in [5.41, 5.74) is 2.77. The standard InChI is InChI=1S/C19H20N2O2/c22-19(15-9-16-11-23-12-17(10-15)21-16)14-6-4-13(5-7-14)18-3-1-2-8-20-18/h1-8,15-17,21H,9-12H2. The van der Waals surface area contributed by atoms with E-state index in [9.17, 15) is 4.79 Å². The molecule has 1 aromatic carbocycles. The molecule has 4 nitrogen and oxygen atoms in total. The lowest BCUT2D eigenvalue weighted by Crippen LogP contribution is -2.55. The Bertz CT molecular complexity index is 672. The average Bonchev–Trinajstić information content (AvgIpc) is 2.62. The summed E-state index contributed by atoms with van der Waals surface area (Å²) in [6.45, 7) is 1.44. The number of pyridine rings is 1. The maximum absolute atomic E-state index is 12.8. The van der Waals surface area contributed by atoms with E-state index in [0.29, 0.717) is 12.1 Å². The molecule has 1 aromatic heterocycles. The van der Waals surface area contributed by atoms with Gasteiger partial charge in [0.05, 0.1) is 18.9 Å². The van der Waals surface area contributed by atoms with Gasteiger partial charge in [0.1, 0.15) is 0 Å². The van der Waals surface area contributed by atoms with Crippen LogP contribution in [0.4, 0.5) is 0 Å². The summed E-state index contributed by atoms with van der Waals surface area (Å²) >= 11 is 0. The van der Waals surface area contributed by atoms with E-state index < -0.39 is 0 Å². The number of morpholine rings is 1. The van der Waals surface area contributed by atoms with Crippen molar-refractivity contribution in [3.05, 3.63) is 54.2 Å². The molecule has 118 valence electrons. The molecule has 3 heterocycles. The Labute approximate surface area is 135 Å². The van der Waals surface area contributed by atoms with Crippen molar-refractivity contribution in [3.8, 4) is 11.3 Å². The number of hydrogen-bond donors (Lipinski definition) is 1. The predicted molar refractivity (Wildman–Crippen MR) is 88.3 cm³/mol. The van der Waals surface area contributed by atoms with E-state index in [4.69, 9.17) is 4.74 Å². The molecule has 2 aliphatic heterocycles. The molecule has 0 amide bonds. The second-order valence-corrected chi connectivity index (χ2v) is 6.42. The van der Waals surface area contributed by atoms with Crippen molar-refractivity contribution in [1.29, 1.82) is 0 Å². The van der Waals surface area contributed by atoms with Crippen LogP contribution < -0.4 is 5.32 Å².